The number of benzene rings is 1. The number of ketones is 1. The number of hydrogen-bond donors (Lipinski definition) is 1. The summed E-state index contributed by atoms with van der Waals surface area (Å²) in [6.45, 7) is 0.0214. The van der Waals surface area contributed by atoms with Gasteiger partial charge in [0, 0.05) is 16.2 Å². The predicted octanol–water partition coefficient (Wildman–Crippen LogP) is 2.28. The molecular formula is C18H13BrN2O3. The number of halogens is 1. The topological polar surface area (TPSA) is 70.5 Å². The van der Waals surface area contributed by atoms with Gasteiger partial charge in [0.15, 0.2) is 11.4 Å². The van der Waals surface area contributed by atoms with Crippen molar-refractivity contribution in [1.82, 2.24) is 4.98 Å². The molecule has 1 amide bonds. The Bertz CT molecular complexity index is 860. The van der Waals surface area contributed by atoms with E-state index in [9.17, 15) is 14.7 Å². The van der Waals surface area contributed by atoms with Gasteiger partial charge in [0.1, 0.15) is 5.69 Å². The highest BCUT2D eigenvalue weighted by Crippen LogP contribution is 2.43. The molecule has 0 bridgehead atoms. The Kier molecular flexibility index (Phi) is 4.22. The first-order valence-electron chi connectivity index (χ1n) is 7.19. The van der Waals surface area contributed by atoms with Crippen LogP contribution in [0.25, 0.3) is 0 Å². The van der Waals surface area contributed by atoms with Crippen LogP contribution in [0, 0.1) is 12.3 Å². The Labute approximate surface area is 147 Å². The molecule has 1 aliphatic heterocycles. The summed E-state index contributed by atoms with van der Waals surface area (Å²) in [4.78, 5) is 30.5. The van der Waals surface area contributed by atoms with Gasteiger partial charge in [0.05, 0.1) is 18.7 Å². The number of Topliss-reactive ketones (excluding diaryl/α,β-unsaturated/α-hetero) is 1. The Morgan fingerprint density at radius 2 is 2.17 bits per heavy atom. The van der Waals surface area contributed by atoms with Gasteiger partial charge in [-0.15, -0.1) is 6.42 Å². The van der Waals surface area contributed by atoms with Crippen LogP contribution in [0.2, 0.25) is 0 Å². The average molecular weight is 385 g/mol. The molecule has 1 unspecified atom stereocenters. The minimum absolute atomic E-state index is 0.0214. The van der Waals surface area contributed by atoms with Crippen LogP contribution in [0.1, 0.15) is 22.5 Å². The highest BCUT2D eigenvalue weighted by molar-refractivity contribution is 9.10. The molecule has 3 rings (SSSR count). The Hall–Kier alpha value is -2.49. The van der Waals surface area contributed by atoms with Crippen LogP contribution in [0.4, 0.5) is 5.69 Å². The summed E-state index contributed by atoms with van der Waals surface area (Å²) in [6, 6.07) is 9.99. The summed E-state index contributed by atoms with van der Waals surface area (Å²) in [5.74, 6) is 1.39. The second kappa shape index (κ2) is 6.19. The molecule has 0 spiro atoms. The van der Waals surface area contributed by atoms with E-state index in [-0.39, 0.29) is 12.2 Å². The number of carbonyl (C=O) groups excluding carboxylic acids is 2. The van der Waals surface area contributed by atoms with Crippen molar-refractivity contribution >= 4 is 33.3 Å². The molecule has 1 atom stereocenters. The molecule has 1 N–H and O–H groups in total. The summed E-state index contributed by atoms with van der Waals surface area (Å²) in [7, 11) is 0. The SMILES string of the molecule is C#CCN1C(=O)C(O)(CC(=O)c2ccccn2)c2cc(Br)ccc21. The van der Waals surface area contributed by atoms with Gasteiger partial charge in [0.25, 0.3) is 5.91 Å². The van der Waals surface area contributed by atoms with Gasteiger partial charge in [0.2, 0.25) is 0 Å². The van der Waals surface area contributed by atoms with E-state index in [2.05, 4.69) is 26.8 Å². The number of rotatable bonds is 4. The third kappa shape index (κ3) is 2.62. The molecule has 5 nitrogen and oxygen atoms in total. The first-order valence-corrected chi connectivity index (χ1v) is 7.99. The zero-order chi connectivity index (χ0) is 17.3. The minimum Gasteiger partial charge on any atom is -0.375 e. The summed E-state index contributed by atoms with van der Waals surface area (Å²) < 4.78 is 0.695. The fourth-order valence-corrected chi connectivity index (χ4v) is 3.15. The predicted molar refractivity (Wildman–Crippen MR) is 92.4 cm³/mol. The van der Waals surface area contributed by atoms with Crippen LogP contribution in [0.3, 0.4) is 0 Å². The summed E-state index contributed by atoms with van der Waals surface area (Å²) >= 11 is 3.33. The summed E-state index contributed by atoms with van der Waals surface area (Å²) in [5.41, 5.74) is -0.880. The van der Waals surface area contributed by atoms with Crippen molar-refractivity contribution < 1.29 is 14.7 Å². The van der Waals surface area contributed by atoms with Crippen molar-refractivity contribution in [2.75, 3.05) is 11.4 Å². The number of terminal acetylenes is 1. The van der Waals surface area contributed by atoms with Gasteiger partial charge in [-0.3, -0.25) is 19.5 Å². The number of pyridine rings is 1. The van der Waals surface area contributed by atoms with Gasteiger partial charge in [-0.2, -0.15) is 0 Å². The standard InChI is InChI=1S/C18H13BrN2O3/c1-2-9-21-15-7-6-12(19)10-13(15)18(24,17(21)23)11-16(22)14-5-3-4-8-20-14/h1,3-8,10,24H,9,11H2. The van der Waals surface area contributed by atoms with E-state index in [1.165, 1.54) is 11.1 Å². The number of carbonyl (C=O) groups is 2. The molecule has 6 heteroatoms. The molecular weight excluding hydrogens is 372 g/mol. The average Bonchev–Trinajstić information content (AvgIpc) is 2.78. The molecule has 0 aliphatic carbocycles. The summed E-state index contributed by atoms with van der Waals surface area (Å²) in [6.07, 6.45) is 6.42. The minimum atomic E-state index is -1.95. The van der Waals surface area contributed by atoms with Crippen LogP contribution < -0.4 is 4.90 Å². The van der Waals surface area contributed by atoms with Gasteiger partial charge in [-0.25, -0.2) is 0 Å². The Balaban J connectivity index is 2.03. The molecule has 2 aromatic rings. The lowest BCUT2D eigenvalue weighted by molar-refractivity contribution is -0.135. The van der Waals surface area contributed by atoms with E-state index in [0.29, 0.717) is 15.7 Å². The molecule has 0 saturated carbocycles. The van der Waals surface area contributed by atoms with Crippen molar-refractivity contribution in [1.29, 1.82) is 0 Å². The van der Waals surface area contributed by atoms with Gasteiger partial charge >= 0.3 is 0 Å². The van der Waals surface area contributed by atoms with Crippen LogP contribution in [-0.2, 0) is 10.4 Å². The summed E-state index contributed by atoms with van der Waals surface area (Å²) in [5, 5.41) is 11.0. The van der Waals surface area contributed by atoms with Crippen LogP contribution in [-0.4, -0.2) is 28.3 Å². The second-order valence-corrected chi connectivity index (χ2v) is 6.35. The lowest BCUT2D eigenvalue weighted by atomic mass is 9.89. The molecule has 120 valence electrons. The number of amides is 1. The van der Waals surface area contributed by atoms with E-state index in [1.54, 1.807) is 36.4 Å². The highest BCUT2D eigenvalue weighted by atomic mass is 79.9. The number of hydrogen-bond acceptors (Lipinski definition) is 4. The first kappa shape index (κ1) is 16.4. The van der Waals surface area contributed by atoms with Gasteiger partial charge in [-0.1, -0.05) is 27.9 Å². The fourth-order valence-electron chi connectivity index (χ4n) is 2.79. The lowest BCUT2D eigenvalue weighted by Gasteiger charge is -2.21. The molecule has 0 radical (unpaired) electrons. The number of anilines is 1. The number of aromatic nitrogens is 1. The van der Waals surface area contributed by atoms with Crippen LogP contribution in [0.5, 0.6) is 0 Å². The molecule has 2 heterocycles. The van der Waals surface area contributed by atoms with Crippen molar-refractivity contribution in [3.8, 4) is 12.3 Å². The molecule has 24 heavy (non-hydrogen) atoms. The largest absolute Gasteiger partial charge is 0.375 e. The molecule has 1 aliphatic rings. The fraction of sp³-hybridized carbons (Fsp3) is 0.167. The van der Waals surface area contributed by atoms with E-state index in [4.69, 9.17) is 6.42 Å². The molecule has 1 aromatic heterocycles. The normalized spacial score (nSPS) is 19.0. The van der Waals surface area contributed by atoms with Crippen molar-refractivity contribution in [3.05, 3.63) is 58.3 Å². The van der Waals surface area contributed by atoms with Gasteiger partial charge in [-0.05, 0) is 30.3 Å². The monoisotopic (exact) mass is 384 g/mol. The van der Waals surface area contributed by atoms with E-state index < -0.39 is 23.7 Å². The van der Waals surface area contributed by atoms with E-state index >= 15 is 0 Å². The second-order valence-electron chi connectivity index (χ2n) is 5.43. The van der Waals surface area contributed by atoms with Crippen molar-refractivity contribution in [3.63, 3.8) is 0 Å². The number of fused-ring (bicyclic) bond motifs is 1. The lowest BCUT2D eigenvalue weighted by Crippen LogP contribution is -2.42. The number of nitrogens with zero attached hydrogens (tertiary/aromatic N) is 2. The maximum atomic E-state index is 12.7. The van der Waals surface area contributed by atoms with E-state index in [0.717, 1.165) is 0 Å². The third-order valence-corrected chi connectivity index (χ3v) is 4.40. The Morgan fingerprint density at radius 3 is 2.83 bits per heavy atom. The first-order chi connectivity index (χ1) is 11.5. The molecule has 0 fully saturated rings. The van der Waals surface area contributed by atoms with Gasteiger partial charge < -0.3 is 5.11 Å². The third-order valence-electron chi connectivity index (χ3n) is 3.91. The zero-order valence-electron chi connectivity index (χ0n) is 12.6. The van der Waals surface area contributed by atoms with E-state index in [1.807, 2.05) is 0 Å². The van der Waals surface area contributed by atoms with Crippen molar-refractivity contribution in [2.45, 2.75) is 12.0 Å². The van der Waals surface area contributed by atoms with Crippen LogP contribution >= 0.6 is 15.9 Å². The highest BCUT2D eigenvalue weighted by Gasteiger charge is 2.51. The molecule has 0 saturated heterocycles. The maximum absolute atomic E-state index is 12.7. The quantitative estimate of drug-likeness (QED) is 0.648. The Morgan fingerprint density at radius 1 is 1.38 bits per heavy atom. The smallest absolute Gasteiger partial charge is 0.265 e. The maximum Gasteiger partial charge on any atom is 0.265 e. The van der Waals surface area contributed by atoms with Crippen molar-refractivity contribution in [2.24, 2.45) is 0 Å². The van der Waals surface area contributed by atoms with Crippen LogP contribution in [0.15, 0.2) is 47.1 Å². The zero-order valence-corrected chi connectivity index (χ0v) is 14.2. The molecule has 1 aromatic carbocycles. The number of aliphatic hydroxyl groups is 1.